The second-order valence-electron chi connectivity index (χ2n) is 6.69. The van der Waals surface area contributed by atoms with Crippen molar-refractivity contribution in [2.24, 2.45) is 5.92 Å². The molecule has 0 aromatic heterocycles. The maximum atomic E-state index is 6.21. The summed E-state index contributed by atoms with van der Waals surface area (Å²) in [5.41, 5.74) is 0. The van der Waals surface area contributed by atoms with Gasteiger partial charge >= 0.3 is 0 Å². The summed E-state index contributed by atoms with van der Waals surface area (Å²) in [6.45, 7) is 8.60. The minimum absolute atomic E-state index is 0.446. The van der Waals surface area contributed by atoms with Crippen molar-refractivity contribution >= 4 is 0 Å². The number of rotatable bonds is 12. The Morgan fingerprint density at radius 3 is 2.29 bits per heavy atom. The quantitative estimate of drug-likeness (QED) is 0.493. The highest BCUT2D eigenvalue weighted by Crippen LogP contribution is 2.30. The molecule has 1 N–H and O–H groups in total. The minimum atomic E-state index is 0.446. The molecule has 2 nitrogen and oxygen atoms in total. The summed E-state index contributed by atoms with van der Waals surface area (Å²) in [6, 6.07) is 0.569. The molecule has 0 spiro atoms. The van der Waals surface area contributed by atoms with Crippen LogP contribution in [0.25, 0.3) is 0 Å². The van der Waals surface area contributed by atoms with Crippen LogP contribution in [0.3, 0.4) is 0 Å². The molecule has 1 aliphatic carbocycles. The van der Waals surface area contributed by atoms with Gasteiger partial charge in [-0.05, 0) is 38.6 Å². The molecule has 0 heterocycles. The predicted molar refractivity (Wildman–Crippen MR) is 92.8 cm³/mol. The molecule has 1 saturated carbocycles. The highest BCUT2D eigenvalue weighted by atomic mass is 16.5. The molecule has 0 aromatic carbocycles. The molecule has 1 aliphatic rings. The molecular weight excluding hydrogens is 258 g/mol. The molecule has 2 heteroatoms. The molecule has 1 fully saturated rings. The zero-order valence-electron chi connectivity index (χ0n) is 14.8. The fraction of sp³-hybridized carbons (Fsp3) is 1.00. The lowest BCUT2D eigenvalue weighted by Gasteiger charge is -2.36. The fourth-order valence-corrected chi connectivity index (χ4v) is 3.85. The van der Waals surface area contributed by atoms with Gasteiger partial charge in [-0.3, -0.25) is 0 Å². The summed E-state index contributed by atoms with van der Waals surface area (Å²) in [4.78, 5) is 0. The van der Waals surface area contributed by atoms with E-state index in [1.165, 1.54) is 70.6 Å². The van der Waals surface area contributed by atoms with Crippen molar-refractivity contribution in [2.75, 3.05) is 13.2 Å². The van der Waals surface area contributed by atoms with Gasteiger partial charge in [0.15, 0.2) is 0 Å². The Kier molecular flexibility index (Phi) is 11.3. The normalized spacial score (nSPS) is 19.6. The molecule has 0 saturated heterocycles. The van der Waals surface area contributed by atoms with Gasteiger partial charge in [0.05, 0.1) is 6.10 Å². The van der Waals surface area contributed by atoms with E-state index in [4.69, 9.17) is 4.74 Å². The van der Waals surface area contributed by atoms with Crippen LogP contribution in [0.5, 0.6) is 0 Å². The average molecular weight is 298 g/mol. The van der Waals surface area contributed by atoms with Crippen molar-refractivity contribution in [1.29, 1.82) is 0 Å². The van der Waals surface area contributed by atoms with E-state index >= 15 is 0 Å². The molecule has 0 aliphatic heterocycles. The summed E-state index contributed by atoms with van der Waals surface area (Å²) in [5, 5.41) is 3.73. The lowest BCUT2D eigenvalue weighted by atomic mass is 9.81. The van der Waals surface area contributed by atoms with Crippen LogP contribution >= 0.6 is 0 Å². The van der Waals surface area contributed by atoms with Crippen LogP contribution < -0.4 is 5.32 Å². The van der Waals surface area contributed by atoms with E-state index in [1.807, 2.05) is 0 Å². The average Bonchev–Trinajstić information content (AvgIpc) is 2.52. The smallest absolute Gasteiger partial charge is 0.0755 e. The molecule has 2 unspecified atom stereocenters. The highest BCUT2D eigenvalue weighted by molar-refractivity contribution is 4.85. The minimum Gasteiger partial charge on any atom is -0.377 e. The zero-order chi connectivity index (χ0) is 15.3. The molecule has 126 valence electrons. The van der Waals surface area contributed by atoms with E-state index in [9.17, 15) is 0 Å². The summed E-state index contributed by atoms with van der Waals surface area (Å²) in [5.74, 6) is 0.790. The summed E-state index contributed by atoms with van der Waals surface area (Å²) < 4.78 is 6.21. The van der Waals surface area contributed by atoms with Crippen LogP contribution in [0.2, 0.25) is 0 Å². The predicted octanol–water partition coefficient (Wildman–Crippen LogP) is 5.31. The summed E-state index contributed by atoms with van der Waals surface area (Å²) >= 11 is 0. The van der Waals surface area contributed by atoms with Gasteiger partial charge in [0.2, 0.25) is 0 Å². The number of ether oxygens (including phenoxy) is 1. The Labute approximate surface area is 133 Å². The first-order chi connectivity index (χ1) is 10.3. The van der Waals surface area contributed by atoms with Gasteiger partial charge < -0.3 is 10.1 Å². The third-order valence-electron chi connectivity index (χ3n) is 4.96. The molecule has 1 rings (SSSR count). The molecule has 0 aromatic rings. The summed E-state index contributed by atoms with van der Waals surface area (Å²) in [6.07, 6.45) is 15.6. The van der Waals surface area contributed by atoms with Gasteiger partial charge in [0, 0.05) is 12.6 Å². The van der Waals surface area contributed by atoms with Gasteiger partial charge in [-0.2, -0.15) is 0 Å². The van der Waals surface area contributed by atoms with Crippen LogP contribution in [0.1, 0.15) is 91.4 Å². The highest BCUT2D eigenvalue weighted by Gasteiger charge is 2.30. The molecule has 2 atom stereocenters. The van der Waals surface area contributed by atoms with Crippen molar-refractivity contribution < 1.29 is 4.74 Å². The van der Waals surface area contributed by atoms with E-state index < -0.39 is 0 Å². The van der Waals surface area contributed by atoms with Crippen molar-refractivity contribution in [1.82, 2.24) is 5.32 Å². The lowest BCUT2D eigenvalue weighted by molar-refractivity contribution is -0.0195. The van der Waals surface area contributed by atoms with Gasteiger partial charge in [-0.15, -0.1) is 0 Å². The number of hydrogen-bond acceptors (Lipinski definition) is 2. The van der Waals surface area contributed by atoms with Crippen LogP contribution in [0, 0.1) is 5.92 Å². The Morgan fingerprint density at radius 1 is 0.952 bits per heavy atom. The van der Waals surface area contributed by atoms with Gasteiger partial charge in [-0.25, -0.2) is 0 Å². The first-order valence-corrected chi connectivity index (χ1v) is 9.68. The van der Waals surface area contributed by atoms with Crippen molar-refractivity contribution in [3.63, 3.8) is 0 Å². The molecular formula is C19H39NO. The SMILES string of the molecule is CCCCCCCC(NCC)C(OCC)C1CCCCC1. The first kappa shape index (κ1) is 19.0. The fourth-order valence-electron chi connectivity index (χ4n) is 3.85. The molecule has 0 bridgehead atoms. The Morgan fingerprint density at radius 2 is 1.67 bits per heavy atom. The first-order valence-electron chi connectivity index (χ1n) is 9.68. The Hall–Kier alpha value is -0.0800. The second-order valence-corrected chi connectivity index (χ2v) is 6.69. The standard InChI is InChI=1S/C19H39NO/c1-4-7-8-9-13-16-18(20-5-2)19(21-6-3)17-14-11-10-12-15-17/h17-20H,4-16H2,1-3H3. The van der Waals surface area contributed by atoms with Gasteiger partial charge in [0.1, 0.15) is 0 Å². The number of hydrogen-bond donors (Lipinski definition) is 1. The molecule has 0 amide bonds. The maximum Gasteiger partial charge on any atom is 0.0755 e. The maximum absolute atomic E-state index is 6.21. The van der Waals surface area contributed by atoms with Crippen molar-refractivity contribution in [3.05, 3.63) is 0 Å². The van der Waals surface area contributed by atoms with E-state index in [0.29, 0.717) is 12.1 Å². The topological polar surface area (TPSA) is 21.3 Å². The third kappa shape index (κ3) is 7.65. The zero-order valence-corrected chi connectivity index (χ0v) is 14.8. The second kappa shape index (κ2) is 12.5. The van der Waals surface area contributed by atoms with E-state index in [2.05, 4.69) is 26.1 Å². The van der Waals surface area contributed by atoms with Crippen LogP contribution in [-0.4, -0.2) is 25.3 Å². The van der Waals surface area contributed by atoms with Crippen LogP contribution in [0.4, 0.5) is 0 Å². The van der Waals surface area contributed by atoms with E-state index in [1.54, 1.807) is 0 Å². The van der Waals surface area contributed by atoms with Crippen molar-refractivity contribution in [3.8, 4) is 0 Å². The van der Waals surface area contributed by atoms with E-state index in [0.717, 1.165) is 19.1 Å². The van der Waals surface area contributed by atoms with Crippen molar-refractivity contribution in [2.45, 2.75) is 104 Å². The number of unbranched alkanes of at least 4 members (excludes halogenated alkanes) is 4. The molecule has 0 radical (unpaired) electrons. The largest absolute Gasteiger partial charge is 0.377 e. The third-order valence-corrected chi connectivity index (χ3v) is 4.96. The monoisotopic (exact) mass is 297 g/mol. The number of nitrogens with one attached hydrogen (secondary N) is 1. The van der Waals surface area contributed by atoms with Gasteiger partial charge in [-0.1, -0.05) is 65.2 Å². The lowest BCUT2D eigenvalue weighted by Crippen LogP contribution is -2.46. The Balaban J connectivity index is 2.46. The Bertz CT molecular complexity index is 226. The number of likely N-dealkylation sites (N-methyl/N-ethyl adjacent to an activating group) is 1. The van der Waals surface area contributed by atoms with Crippen LogP contribution in [0.15, 0.2) is 0 Å². The van der Waals surface area contributed by atoms with Crippen LogP contribution in [-0.2, 0) is 4.74 Å². The van der Waals surface area contributed by atoms with E-state index in [-0.39, 0.29) is 0 Å². The summed E-state index contributed by atoms with van der Waals surface area (Å²) in [7, 11) is 0. The van der Waals surface area contributed by atoms with Gasteiger partial charge in [0.25, 0.3) is 0 Å². The molecule has 21 heavy (non-hydrogen) atoms.